The average Bonchev–Trinajstić information content (AvgIpc) is 2.02. The molecule has 4 N–H and O–H groups in total. The summed E-state index contributed by atoms with van der Waals surface area (Å²) in [5.74, 6) is -0.639. The van der Waals surface area contributed by atoms with Gasteiger partial charge in [-0.05, 0) is 12.1 Å². The second-order valence-electron chi connectivity index (χ2n) is 2.69. The number of carbonyl (C=O) groups excluding carboxylic acids is 1. The van der Waals surface area contributed by atoms with Crippen molar-refractivity contribution in [2.75, 3.05) is 0 Å². The number of hydrogen-bond acceptors (Lipinski definition) is 3. The molecule has 0 aliphatic carbocycles. The van der Waals surface area contributed by atoms with Gasteiger partial charge in [0.25, 0.3) is 10.0 Å². The molecule has 1 amide bonds. The molecule has 0 fully saturated rings. The minimum absolute atomic E-state index is 0. The summed E-state index contributed by atoms with van der Waals surface area (Å²) < 4.78 is 24.5. The molecule has 0 aliphatic rings. The van der Waals surface area contributed by atoms with Crippen molar-refractivity contribution in [1.82, 2.24) is 4.72 Å². The average molecular weight is 254 g/mol. The van der Waals surface area contributed by atoms with Gasteiger partial charge in [0.05, 0.1) is 4.90 Å². The second kappa shape index (κ2) is 6.87. The number of amides is 1. The molecule has 16 heavy (non-hydrogen) atoms. The van der Waals surface area contributed by atoms with Gasteiger partial charge in [0.1, 0.15) is 0 Å². The molecule has 1 aromatic rings. The molecule has 0 spiro atoms. The fraction of sp³-hybridized carbons (Fsp3) is 0.125. The Morgan fingerprint density at radius 3 is 2.06 bits per heavy atom. The van der Waals surface area contributed by atoms with E-state index >= 15 is 0 Å². The van der Waals surface area contributed by atoms with E-state index < -0.39 is 15.9 Å². The van der Waals surface area contributed by atoms with Crippen LogP contribution >= 0.6 is 0 Å². The first kappa shape index (κ1) is 17.8. The zero-order chi connectivity index (χ0) is 10.8. The molecule has 8 heteroatoms. The van der Waals surface area contributed by atoms with E-state index in [-0.39, 0.29) is 45.6 Å². The van der Waals surface area contributed by atoms with Crippen LogP contribution < -0.4 is 34.3 Å². The van der Waals surface area contributed by atoms with Crippen molar-refractivity contribution in [2.24, 2.45) is 0 Å². The maximum atomic E-state index is 11.4. The Labute approximate surface area is 116 Å². The molecule has 0 radical (unpaired) electrons. The largest absolute Gasteiger partial charge is 1.00 e. The van der Waals surface area contributed by atoms with Crippen LogP contribution in [0, 0.1) is 0 Å². The van der Waals surface area contributed by atoms with Crippen LogP contribution in [0.4, 0.5) is 5.69 Å². The molecule has 84 valence electrons. The van der Waals surface area contributed by atoms with Gasteiger partial charge in [0.15, 0.2) is 0 Å². The zero-order valence-corrected chi connectivity index (χ0v) is 11.8. The summed E-state index contributed by atoms with van der Waals surface area (Å²) in [6.07, 6.45) is 0. The third-order valence-corrected chi connectivity index (χ3v) is 2.89. The van der Waals surface area contributed by atoms with Gasteiger partial charge < -0.3 is 11.2 Å². The van der Waals surface area contributed by atoms with Crippen molar-refractivity contribution >= 4 is 21.6 Å². The van der Waals surface area contributed by atoms with Crippen LogP contribution in [-0.2, 0) is 14.8 Å². The van der Waals surface area contributed by atoms with Gasteiger partial charge in [-0.3, -0.25) is 4.79 Å². The summed E-state index contributed by atoms with van der Waals surface area (Å²) >= 11 is 0. The topological polar surface area (TPSA) is 119 Å². The third kappa shape index (κ3) is 4.95. The van der Waals surface area contributed by atoms with Gasteiger partial charge in [0.2, 0.25) is 5.91 Å². The predicted molar refractivity (Wildman–Crippen MR) is 55.0 cm³/mol. The molecule has 0 bridgehead atoms. The van der Waals surface area contributed by atoms with E-state index in [0.717, 1.165) is 6.92 Å². The zero-order valence-electron chi connectivity index (χ0n) is 8.94. The summed E-state index contributed by atoms with van der Waals surface area (Å²) in [4.78, 5) is 10.5. The smallest absolute Gasteiger partial charge is 0.699 e. The molecule has 0 heterocycles. The Morgan fingerprint density at radius 1 is 1.25 bits per heavy atom. The molecule has 1 rings (SSSR count). The number of benzene rings is 1. The first-order valence-corrected chi connectivity index (χ1v) is 5.25. The maximum absolute atomic E-state index is 11.4. The molecule has 6 nitrogen and oxygen atoms in total. The fourth-order valence-electron chi connectivity index (χ4n) is 0.882. The molecule has 0 atom stereocenters. The standard InChI is InChI=1S/C8H9N2O3S.Na.H2O/c1-6(11)10-14(12,13)8-4-2-7(9)3-5-8;;/h2-5,9H,1H3,(H,10,11);;1H2/q-1;+1;. The number of nitrogens with one attached hydrogen (secondary N) is 2. The van der Waals surface area contributed by atoms with Crippen LogP contribution in [0.2, 0.25) is 0 Å². The van der Waals surface area contributed by atoms with Crippen LogP contribution in [0.5, 0.6) is 0 Å². The van der Waals surface area contributed by atoms with Gasteiger partial charge in [0, 0.05) is 6.92 Å². The maximum Gasteiger partial charge on any atom is 1.00 e. The van der Waals surface area contributed by atoms with E-state index in [1.54, 1.807) is 0 Å². The van der Waals surface area contributed by atoms with Crippen LogP contribution in [0.15, 0.2) is 29.2 Å². The summed E-state index contributed by atoms with van der Waals surface area (Å²) in [6, 6.07) is 5.23. The number of sulfonamides is 1. The van der Waals surface area contributed by atoms with E-state index in [0.29, 0.717) is 0 Å². The molecule has 0 aromatic heterocycles. The summed E-state index contributed by atoms with van der Waals surface area (Å²) in [5, 5.41) is 0. The van der Waals surface area contributed by atoms with Crippen molar-refractivity contribution in [3.63, 3.8) is 0 Å². The van der Waals surface area contributed by atoms with Crippen LogP contribution in [-0.4, -0.2) is 19.8 Å². The molecular formula is C8H11N2NaO4S. The van der Waals surface area contributed by atoms with Crippen molar-refractivity contribution in [3.05, 3.63) is 30.0 Å². The van der Waals surface area contributed by atoms with Gasteiger partial charge in [-0.2, -0.15) is 0 Å². The molecular weight excluding hydrogens is 243 g/mol. The van der Waals surface area contributed by atoms with Gasteiger partial charge in [-0.15, -0.1) is 5.69 Å². The number of hydrogen-bond donors (Lipinski definition) is 1. The third-order valence-electron chi connectivity index (χ3n) is 1.44. The monoisotopic (exact) mass is 254 g/mol. The van der Waals surface area contributed by atoms with E-state index in [1.807, 2.05) is 4.72 Å². The Kier molecular flexibility index (Phi) is 7.64. The van der Waals surface area contributed by atoms with E-state index in [9.17, 15) is 13.2 Å². The Bertz CT molecular complexity index is 444. The Balaban J connectivity index is 0. The summed E-state index contributed by atoms with van der Waals surface area (Å²) in [5.41, 5.74) is 7.37. The van der Waals surface area contributed by atoms with Gasteiger partial charge >= 0.3 is 29.6 Å². The van der Waals surface area contributed by atoms with Gasteiger partial charge in [-0.25, -0.2) is 13.1 Å². The van der Waals surface area contributed by atoms with E-state index in [1.165, 1.54) is 24.3 Å². The molecule has 0 saturated carbocycles. The van der Waals surface area contributed by atoms with Crippen molar-refractivity contribution in [3.8, 4) is 0 Å². The molecule has 0 unspecified atom stereocenters. The molecule has 0 aliphatic heterocycles. The number of carbonyl (C=O) groups is 1. The van der Waals surface area contributed by atoms with Crippen LogP contribution in [0.25, 0.3) is 5.73 Å². The first-order chi connectivity index (χ1) is 6.42. The second-order valence-corrected chi connectivity index (χ2v) is 4.37. The van der Waals surface area contributed by atoms with Crippen LogP contribution in [0.3, 0.4) is 0 Å². The van der Waals surface area contributed by atoms with Crippen molar-refractivity contribution in [1.29, 1.82) is 0 Å². The Hall–Kier alpha value is -0.600. The summed E-state index contributed by atoms with van der Waals surface area (Å²) in [7, 11) is -3.76. The SMILES string of the molecule is CC(=O)NS(=O)(=O)c1ccc([NH-])cc1.O.[Na+]. The predicted octanol–water partition coefficient (Wildman–Crippen LogP) is -2.63. The minimum Gasteiger partial charge on any atom is -0.699 e. The normalized spacial score (nSPS) is 9.56. The van der Waals surface area contributed by atoms with Crippen molar-refractivity contribution in [2.45, 2.75) is 11.8 Å². The number of rotatable bonds is 2. The van der Waals surface area contributed by atoms with Crippen LogP contribution in [0.1, 0.15) is 6.92 Å². The fourth-order valence-corrected chi connectivity index (χ4v) is 1.87. The summed E-state index contributed by atoms with van der Waals surface area (Å²) in [6.45, 7) is 1.12. The molecule has 0 saturated heterocycles. The Morgan fingerprint density at radius 2 is 1.69 bits per heavy atom. The minimum atomic E-state index is -3.76. The van der Waals surface area contributed by atoms with Crippen molar-refractivity contribution < 1.29 is 48.2 Å². The quantitative estimate of drug-likeness (QED) is 0.581. The molecule has 1 aromatic carbocycles. The van der Waals surface area contributed by atoms with E-state index in [4.69, 9.17) is 5.73 Å². The first-order valence-electron chi connectivity index (χ1n) is 3.77. The van der Waals surface area contributed by atoms with Gasteiger partial charge in [-0.1, -0.05) is 12.1 Å². The van der Waals surface area contributed by atoms with E-state index in [2.05, 4.69) is 0 Å².